The fourth-order valence-electron chi connectivity index (χ4n) is 4.94. The number of carbonyl (C=O) groups excluding carboxylic acids is 1. The standard InChI is InChI=1S/C27H26FN7O2/c1-14-18(12-32-24-23(14)31-9-10-37-24)17-11-20-19(22(29)21(17)28)13-33-26(35-20)34-16-5-3-15(4-6-16)27(7-8-27)25(36)30-2/h3-6,11-13,31H,7-10,29H2,1-2H3,(H,30,36)(H,33,34,35). The summed E-state index contributed by atoms with van der Waals surface area (Å²) in [5.74, 6) is 0.350. The van der Waals surface area contributed by atoms with Gasteiger partial charge in [-0.05, 0) is 49.1 Å². The summed E-state index contributed by atoms with van der Waals surface area (Å²) >= 11 is 0. The maximum Gasteiger partial charge on any atom is 0.237 e. The second kappa shape index (κ2) is 8.58. The van der Waals surface area contributed by atoms with Crippen LogP contribution in [0.3, 0.4) is 0 Å². The zero-order valence-electron chi connectivity index (χ0n) is 20.5. The average molecular weight is 500 g/mol. The molecule has 1 amide bonds. The van der Waals surface area contributed by atoms with Crippen molar-refractivity contribution in [1.29, 1.82) is 0 Å². The minimum Gasteiger partial charge on any atom is -0.474 e. The van der Waals surface area contributed by atoms with Crippen LogP contribution in [0.15, 0.2) is 42.7 Å². The van der Waals surface area contributed by atoms with Gasteiger partial charge in [-0.15, -0.1) is 0 Å². The summed E-state index contributed by atoms with van der Waals surface area (Å²) in [6.45, 7) is 3.07. The number of amides is 1. The van der Waals surface area contributed by atoms with Crippen molar-refractivity contribution < 1.29 is 13.9 Å². The molecule has 2 aliphatic rings. The number of carbonyl (C=O) groups is 1. The largest absolute Gasteiger partial charge is 0.474 e. The number of likely N-dealkylation sites (N-methyl/N-ethyl adjacent to an activating group) is 1. The van der Waals surface area contributed by atoms with Crippen LogP contribution < -0.4 is 26.4 Å². The van der Waals surface area contributed by atoms with E-state index in [4.69, 9.17) is 10.5 Å². The molecule has 1 aliphatic heterocycles. The summed E-state index contributed by atoms with van der Waals surface area (Å²) in [4.78, 5) is 25.6. The van der Waals surface area contributed by atoms with E-state index >= 15 is 4.39 Å². The molecule has 2 aromatic carbocycles. The van der Waals surface area contributed by atoms with Crippen molar-refractivity contribution in [2.75, 3.05) is 36.6 Å². The lowest BCUT2D eigenvalue weighted by molar-refractivity contribution is -0.123. The third-order valence-corrected chi connectivity index (χ3v) is 7.20. The van der Waals surface area contributed by atoms with Crippen LogP contribution in [-0.2, 0) is 10.2 Å². The van der Waals surface area contributed by atoms with Gasteiger partial charge in [0.25, 0.3) is 0 Å². The number of nitrogens with one attached hydrogen (secondary N) is 3. The van der Waals surface area contributed by atoms with Gasteiger partial charge in [-0.2, -0.15) is 0 Å². The number of nitrogens with zero attached hydrogens (tertiary/aromatic N) is 3. The van der Waals surface area contributed by atoms with Crippen molar-refractivity contribution >= 4 is 39.8 Å². The molecular weight excluding hydrogens is 473 g/mol. The first kappa shape index (κ1) is 23.0. The minimum absolute atomic E-state index is 0.0198. The lowest BCUT2D eigenvalue weighted by Gasteiger charge is -2.22. The van der Waals surface area contributed by atoms with Gasteiger partial charge in [0.05, 0.1) is 16.6 Å². The fourth-order valence-corrected chi connectivity index (χ4v) is 4.94. The Kier molecular flexibility index (Phi) is 5.32. The first-order valence-electron chi connectivity index (χ1n) is 12.1. The number of nitrogens with two attached hydrogens (primary N) is 1. The van der Waals surface area contributed by atoms with Crippen molar-refractivity contribution in [3.63, 3.8) is 0 Å². The lowest BCUT2D eigenvalue weighted by atomic mass is 9.95. The molecule has 0 bridgehead atoms. The highest BCUT2D eigenvalue weighted by Gasteiger charge is 2.50. The van der Waals surface area contributed by atoms with Crippen LogP contribution in [0.2, 0.25) is 0 Å². The van der Waals surface area contributed by atoms with Crippen LogP contribution in [0, 0.1) is 12.7 Å². The van der Waals surface area contributed by atoms with Gasteiger partial charge >= 0.3 is 0 Å². The topological polar surface area (TPSA) is 127 Å². The summed E-state index contributed by atoms with van der Waals surface area (Å²) in [5, 5.41) is 9.64. The number of anilines is 4. The molecule has 37 heavy (non-hydrogen) atoms. The number of halogens is 1. The van der Waals surface area contributed by atoms with Crippen LogP contribution in [0.1, 0.15) is 24.0 Å². The van der Waals surface area contributed by atoms with E-state index in [1.807, 2.05) is 31.2 Å². The molecule has 0 radical (unpaired) electrons. The number of pyridine rings is 1. The Morgan fingerprint density at radius 1 is 1.16 bits per heavy atom. The Morgan fingerprint density at radius 2 is 1.95 bits per heavy atom. The second-order valence-corrected chi connectivity index (χ2v) is 9.39. The predicted octanol–water partition coefficient (Wildman–Crippen LogP) is 4.05. The van der Waals surface area contributed by atoms with Gasteiger partial charge in [0.2, 0.25) is 17.7 Å². The number of fused-ring (bicyclic) bond motifs is 2. The van der Waals surface area contributed by atoms with Gasteiger partial charge in [0, 0.05) is 48.2 Å². The summed E-state index contributed by atoms with van der Waals surface area (Å²) in [6.07, 6.45) is 4.79. The Balaban J connectivity index is 1.33. The number of benzene rings is 2. The molecule has 2 aromatic heterocycles. The molecule has 1 fully saturated rings. The van der Waals surface area contributed by atoms with E-state index in [0.717, 1.165) is 35.3 Å². The number of nitrogen functional groups attached to an aromatic ring is 1. The number of ether oxygens (including phenoxy) is 1. The highest BCUT2D eigenvalue weighted by Crippen LogP contribution is 2.48. The fraction of sp³-hybridized carbons (Fsp3) is 0.259. The van der Waals surface area contributed by atoms with Crippen LogP contribution in [-0.4, -0.2) is 41.1 Å². The molecule has 0 saturated heterocycles. The van der Waals surface area contributed by atoms with Gasteiger partial charge in [0.15, 0.2) is 5.82 Å². The molecule has 3 heterocycles. The molecule has 1 saturated carbocycles. The van der Waals surface area contributed by atoms with E-state index in [9.17, 15) is 4.79 Å². The zero-order valence-corrected chi connectivity index (χ0v) is 20.5. The molecule has 0 atom stereocenters. The lowest BCUT2D eigenvalue weighted by Crippen LogP contribution is -2.31. The molecule has 4 aromatic rings. The number of aromatic nitrogens is 3. The van der Waals surface area contributed by atoms with Crippen molar-refractivity contribution in [3.05, 3.63) is 59.7 Å². The molecule has 9 nitrogen and oxygen atoms in total. The molecule has 5 N–H and O–H groups in total. The number of hydrogen-bond acceptors (Lipinski definition) is 8. The number of hydrogen-bond donors (Lipinski definition) is 4. The SMILES string of the molecule is CNC(=O)C1(c2ccc(Nc3ncc4c(N)c(F)c(-c5cnc6c(c5C)NCCO6)cc4n3)cc2)CC1. The van der Waals surface area contributed by atoms with E-state index in [0.29, 0.717) is 47.0 Å². The van der Waals surface area contributed by atoms with E-state index in [-0.39, 0.29) is 11.6 Å². The molecule has 1 aliphatic carbocycles. The van der Waals surface area contributed by atoms with E-state index in [1.54, 1.807) is 19.3 Å². The second-order valence-electron chi connectivity index (χ2n) is 9.39. The van der Waals surface area contributed by atoms with Gasteiger partial charge < -0.3 is 26.4 Å². The predicted molar refractivity (Wildman–Crippen MR) is 141 cm³/mol. The monoisotopic (exact) mass is 499 g/mol. The average Bonchev–Trinajstić information content (AvgIpc) is 3.73. The first-order chi connectivity index (χ1) is 17.9. The summed E-state index contributed by atoms with van der Waals surface area (Å²) < 4.78 is 21.0. The van der Waals surface area contributed by atoms with Crippen molar-refractivity contribution in [2.24, 2.45) is 0 Å². The van der Waals surface area contributed by atoms with E-state index in [2.05, 4.69) is 30.9 Å². The zero-order chi connectivity index (χ0) is 25.7. The smallest absolute Gasteiger partial charge is 0.237 e. The molecule has 0 spiro atoms. The Hall–Kier alpha value is -4.47. The third kappa shape index (κ3) is 3.76. The van der Waals surface area contributed by atoms with Crippen molar-refractivity contribution in [2.45, 2.75) is 25.2 Å². The highest BCUT2D eigenvalue weighted by molar-refractivity contribution is 5.96. The normalized spacial score (nSPS) is 15.3. The summed E-state index contributed by atoms with van der Waals surface area (Å²) in [7, 11) is 1.66. The van der Waals surface area contributed by atoms with Crippen molar-refractivity contribution in [3.8, 4) is 17.0 Å². The maximum atomic E-state index is 15.4. The molecular formula is C27H26FN7O2. The molecule has 188 valence electrons. The van der Waals surface area contributed by atoms with Crippen LogP contribution >= 0.6 is 0 Å². The minimum atomic E-state index is -0.543. The Bertz CT molecular complexity index is 1550. The maximum absolute atomic E-state index is 15.4. The first-order valence-corrected chi connectivity index (χ1v) is 12.1. The third-order valence-electron chi connectivity index (χ3n) is 7.20. The highest BCUT2D eigenvalue weighted by atomic mass is 19.1. The van der Waals surface area contributed by atoms with Gasteiger partial charge in [0.1, 0.15) is 12.3 Å². The quantitative estimate of drug-likeness (QED) is 0.303. The van der Waals surface area contributed by atoms with Crippen molar-refractivity contribution in [1.82, 2.24) is 20.3 Å². The van der Waals surface area contributed by atoms with Gasteiger partial charge in [-0.25, -0.2) is 19.3 Å². The van der Waals surface area contributed by atoms with E-state index < -0.39 is 11.2 Å². The number of rotatable bonds is 5. The van der Waals surface area contributed by atoms with Crippen LogP contribution in [0.4, 0.5) is 27.4 Å². The molecule has 10 heteroatoms. The van der Waals surface area contributed by atoms with Crippen LogP contribution in [0.25, 0.3) is 22.0 Å². The Labute approximate surface area is 212 Å². The molecule has 6 rings (SSSR count). The van der Waals surface area contributed by atoms with Gasteiger partial charge in [-0.1, -0.05) is 12.1 Å². The van der Waals surface area contributed by atoms with Crippen LogP contribution in [0.5, 0.6) is 5.88 Å². The van der Waals surface area contributed by atoms with Gasteiger partial charge in [-0.3, -0.25) is 4.79 Å². The van der Waals surface area contributed by atoms with E-state index in [1.165, 1.54) is 6.20 Å². The summed E-state index contributed by atoms with van der Waals surface area (Å²) in [5.41, 5.74) is 10.5. The molecule has 0 unspecified atom stereocenters. The Morgan fingerprint density at radius 3 is 2.68 bits per heavy atom. The summed E-state index contributed by atoms with van der Waals surface area (Å²) in [6, 6.07) is 9.35.